The fraction of sp³-hybridized carbons (Fsp3) is 0.175. The van der Waals surface area contributed by atoms with E-state index >= 15 is 0 Å². The number of rotatable bonds is 12. The molecule has 0 aliphatic heterocycles. The van der Waals surface area contributed by atoms with Gasteiger partial charge in [0.2, 0.25) is 0 Å². The minimum atomic E-state index is -0.213. The predicted molar refractivity (Wildman–Crippen MR) is 424 cm³/mol. The molecular weight excluding hydrogens is 1190 g/mol. The minimum Gasteiger partial charge on any atom is -0.314 e. The lowest BCUT2D eigenvalue weighted by molar-refractivity contribution is 0.659. The highest BCUT2D eigenvalue weighted by molar-refractivity contribution is 5.92. The van der Waals surface area contributed by atoms with Gasteiger partial charge in [0, 0.05) is 56.3 Å². The Balaban J connectivity index is 0.597. The number of hydrogen-bond acceptors (Lipinski definition) is 2. The predicted octanol–water partition coefficient (Wildman–Crippen LogP) is 26.3. The molecule has 2 unspecified atom stereocenters. The highest BCUT2D eigenvalue weighted by Gasteiger charge is 2.39. The summed E-state index contributed by atoms with van der Waals surface area (Å²) in [6, 6.07) is 83.3. The van der Waals surface area contributed by atoms with Crippen molar-refractivity contribution in [2.75, 3.05) is 9.80 Å². The van der Waals surface area contributed by atoms with Crippen LogP contribution in [0, 0.1) is 25.7 Å². The van der Waals surface area contributed by atoms with Crippen molar-refractivity contribution in [2.45, 2.75) is 98.3 Å². The summed E-state index contributed by atoms with van der Waals surface area (Å²) in [4.78, 5) is 4.96. The van der Waals surface area contributed by atoms with Crippen LogP contribution >= 0.6 is 0 Å². The Morgan fingerprint density at radius 2 is 0.828 bits per heavy atom. The highest BCUT2D eigenvalue weighted by atomic mass is 15.2. The van der Waals surface area contributed by atoms with Gasteiger partial charge in [-0.25, -0.2) is 0 Å². The molecule has 6 aliphatic carbocycles. The highest BCUT2D eigenvalue weighted by Crippen LogP contribution is 2.55. The molecule has 11 aromatic rings. The second-order valence-corrected chi connectivity index (χ2v) is 30.5. The van der Waals surface area contributed by atoms with Crippen molar-refractivity contribution in [3.63, 3.8) is 0 Å². The molecule has 99 heavy (non-hydrogen) atoms. The molecule has 17 rings (SSSR count). The fourth-order valence-electron chi connectivity index (χ4n) is 17.3. The molecule has 0 aromatic heterocycles. The molecule has 0 bridgehead atoms. The Bertz CT molecular complexity index is 5420. The minimum absolute atomic E-state index is 0.169. The normalized spacial score (nSPS) is 17.6. The Hall–Kier alpha value is -10.8. The van der Waals surface area contributed by atoms with Crippen molar-refractivity contribution < 1.29 is 0 Å². The van der Waals surface area contributed by atoms with Crippen LogP contribution in [0.2, 0.25) is 0 Å². The maximum atomic E-state index is 2.52. The topological polar surface area (TPSA) is 6.48 Å². The summed E-state index contributed by atoms with van der Waals surface area (Å²) < 4.78 is 0. The first-order valence-corrected chi connectivity index (χ1v) is 35.7. The summed E-state index contributed by atoms with van der Waals surface area (Å²) >= 11 is 0. The molecule has 2 nitrogen and oxygen atoms in total. The van der Waals surface area contributed by atoms with Gasteiger partial charge in [0.05, 0.1) is 0 Å². The zero-order valence-corrected chi connectivity index (χ0v) is 58.7. The van der Waals surface area contributed by atoms with E-state index in [-0.39, 0.29) is 16.2 Å². The number of hydrogen-bond donors (Lipinski definition) is 0. The molecule has 2 heteroatoms. The van der Waals surface area contributed by atoms with Gasteiger partial charge in [-0.3, -0.25) is 0 Å². The van der Waals surface area contributed by atoms with Crippen molar-refractivity contribution in [1.29, 1.82) is 0 Å². The van der Waals surface area contributed by atoms with Crippen molar-refractivity contribution in [3.8, 4) is 44.5 Å². The van der Waals surface area contributed by atoms with Crippen LogP contribution in [0.1, 0.15) is 141 Å². The van der Waals surface area contributed by atoms with Crippen LogP contribution in [-0.2, 0) is 16.2 Å². The number of anilines is 5. The molecule has 0 N–H and O–H groups in total. The third kappa shape index (κ3) is 10.9. The molecule has 0 saturated carbocycles. The Morgan fingerprint density at radius 1 is 0.384 bits per heavy atom. The van der Waals surface area contributed by atoms with E-state index in [1.807, 2.05) is 0 Å². The second-order valence-electron chi connectivity index (χ2n) is 30.5. The maximum absolute atomic E-state index is 2.52. The summed E-state index contributed by atoms with van der Waals surface area (Å²) in [6.45, 7) is 23.4. The molecule has 0 heterocycles. The van der Waals surface area contributed by atoms with Crippen molar-refractivity contribution in [3.05, 3.63) is 356 Å². The van der Waals surface area contributed by atoms with Gasteiger partial charge in [-0.1, -0.05) is 273 Å². The SMILES string of the molecule is CC1=CC(C)CC(N(c2ccc(C3=CCC4C=CC=CC4=C3)cc2)c2ccc3c(c2)C(C)(C)c2cc(/C=C/c4ccc5c(c4)C(C)(C)c4cc(/C=C/c6ccc7c(c6)C(C)(C)c6cc(N(c8ccc(-c9ccc%10ccccc%10c9)cc8)c8cc(C)cc(C)c8)ccc6-7)ccc4-5)ccc2-3)=C1. The summed E-state index contributed by atoms with van der Waals surface area (Å²) in [5, 5.41) is 2.51. The first-order valence-electron chi connectivity index (χ1n) is 35.7. The largest absolute Gasteiger partial charge is 0.314 e. The van der Waals surface area contributed by atoms with Gasteiger partial charge in [0.25, 0.3) is 0 Å². The van der Waals surface area contributed by atoms with Crippen LogP contribution in [0.3, 0.4) is 0 Å². The van der Waals surface area contributed by atoms with Crippen molar-refractivity contribution in [2.24, 2.45) is 11.8 Å². The molecular formula is C97H84N2. The summed E-state index contributed by atoms with van der Waals surface area (Å²) in [6.07, 6.45) is 29.8. The smallest absolute Gasteiger partial charge is 0.0466 e. The van der Waals surface area contributed by atoms with E-state index in [0.29, 0.717) is 11.8 Å². The molecule has 0 fully saturated rings. The third-order valence-electron chi connectivity index (χ3n) is 22.5. The third-order valence-corrected chi connectivity index (χ3v) is 22.5. The number of fused-ring (bicyclic) bond motifs is 11. The van der Waals surface area contributed by atoms with Gasteiger partial charge >= 0.3 is 0 Å². The maximum Gasteiger partial charge on any atom is 0.0466 e. The summed E-state index contributed by atoms with van der Waals surface area (Å²) in [5.74, 6) is 0.946. The molecule has 0 radical (unpaired) electrons. The average molecular weight is 1280 g/mol. The number of aryl methyl sites for hydroxylation is 2. The lowest BCUT2D eigenvalue weighted by Gasteiger charge is -2.32. The van der Waals surface area contributed by atoms with E-state index in [9.17, 15) is 0 Å². The van der Waals surface area contributed by atoms with Crippen LogP contribution in [-0.4, -0.2) is 0 Å². The second kappa shape index (κ2) is 23.7. The van der Waals surface area contributed by atoms with E-state index in [2.05, 4.69) is 370 Å². The Morgan fingerprint density at radius 3 is 1.34 bits per heavy atom. The number of benzene rings is 11. The lowest BCUT2D eigenvalue weighted by Crippen LogP contribution is -2.21. The zero-order chi connectivity index (χ0) is 67.6. The van der Waals surface area contributed by atoms with Crippen LogP contribution in [0.25, 0.3) is 85.2 Å². The summed E-state index contributed by atoms with van der Waals surface area (Å²) in [5.41, 5.74) is 37.8. The molecule has 0 saturated heterocycles. The number of nitrogens with zero attached hydrogens (tertiary/aromatic N) is 2. The van der Waals surface area contributed by atoms with E-state index in [4.69, 9.17) is 0 Å². The fourth-order valence-corrected chi connectivity index (χ4v) is 17.3. The van der Waals surface area contributed by atoms with Gasteiger partial charge < -0.3 is 9.80 Å². The quantitative estimate of drug-likeness (QED) is 0.113. The lowest BCUT2D eigenvalue weighted by atomic mass is 9.81. The molecule has 482 valence electrons. The molecule has 6 aliphatic rings. The zero-order valence-electron chi connectivity index (χ0n) is 58.7. The van der Waals surface area contributed by atoms with E-state index in [1.165, 1.54) is 161 Å². The van der Waals surface area contributed by atoms with E-state index in [1.54, 1.807) is 0 Å². The van der Waals surface area contributed by atoms with Crippen LogP contribution < -0.4 is 9.80 Å². The molecule has 0 amide bonds. The monoisotopic (exact) mass is 1280 g/mol. The van der Waals surface area contributed by atoms with Crippen LogP contribution in [0.4, 0.5) is 28.4 Å². The van der Waals surface area contributed by atoms with Crippen LogP contribution in [0.15, 0.2) is 284 Å². The van der Waals surface area contributed by atoms with Gasteiger partial charge in [0.1, 0.15) is 0 Å². The molecule has 11 aromatic carbocycles. The number of allylic oxidation sites excluding steroid dienone is 12. The molecule has 0 spiro atoms. The Labute approximate surface area is 586 Å². The first-order chi connectivity index (χ1) is 47.9. The van der Waals surface area contributed by atoms with Gasteiger partial charge in [0.15, 0.2) is 0 Å². The first kappa shape index (κ1) is 61.8. The standard InChI is InChI=1S/C97H84N2/c1-61-47-62(2)50-81(49-61)98(77-35-31-71(32-36-77)75-29-27-69-15-11-13-17-73(69)57-75)79-39-45-87-85-43-25-67(55-91(85)96(7,8)93(87)59-79)21-19-65-23-41-83-84-42-24-66(54-90(84)95(5,6)89(83)53-65)20-22-68-26-44-86-88-46-40-80(60-94(88)97(9,10)92(86)56-68)99(82-51-63(3)48-64(4)52-82)78-37-33-72(34-38-78)76-30-28-70-16-12-14-18-74(70)58-76/h11-27,29-51,53-60,64,70H,28,52H2,1-10H3/b21-19+,22-20+. The van der Waals surface area contributed by atoms with Crippen molar-refractivity contribution in [1.82, 2.24) is 0 Å². The average Bonchev–Trinajstić information content (AvgIpc) is 1.59. The summed E-state index contributed by atoms with van der Waals surface area (Å²) in [7, 11) is 0. The molecule has 2 atom stereocenters. The van der Waals surface area contributed by atoms with E-state index < -0.39 is 0 Å². The van der Waals surface area contributed by atoms with Gasteiger partial charge in [-0.2, -0.15) is 0 Å². The van der Waals surface area contributed by atoms with Gasteiger partial charge in [-0.05, 0) is 251 Å². The van der Waals surface area contributed by atoms with Crippen LogP contribution in [0.5, 0.6) is 0 Å². The van der Waals surface area contributed by atoms with Crippen molar-refractivity contribution >= 4 is 69.1 Å². The Kier molecular flexibility index (Phi) is 14.8. The van der Waals surface area contributed by atoms with E-state index in [0.717, 1.165) is 29.9 Å². The van der Waals surface area contributed by atoms with Gasteiger partial charge in [-0.15, -0.1) is 0 Å².